The summed E-state index contributed by atoms with van der Waals surface area (Å²) in [5.74, 6) is -0.626. The first-order valence-electron chi connectivity index (χ1n) is 6.70. The van der Waals surface area contributed by atoms with Crippen LogP contribution in [0.3, 0.4) is 0 Å². The van der Waals surface area contributed by atoms with Crippen molar-refractivity contribution in [2.24, 2.45) is 0 Å². The topological polar surface area (TPSA) is 72.2 Å². The smallest absolute Gasteiger partial charge is 0.269 e. The normalized spacial score (nSPS) is 11.8. The summed E-state index contributed by atoms with van der Waals surface area (Å²) >= 11 is 5.93. The van der Waals surface area contributed by atoms with Crippen LogP contribution in [0.4, 0.5) is 11.4 Å². The molecule has 1 N–H and O–H groups in total. The maximum absolute atomic E-state index is 12.3. The number of aryl methyl sites for hydroxylation is 1. The monoisotopic (exact) mass is 318 g/mol. The Bertz CT molecular complexity index is 714. The molecule has 22 heavy (non-hydrogen) atoms. The van der Waals surface area contributed by atoms with E-state index >= 15 is 0 Å². The molecule has 5 nitrogen and oxygen atoms in total. The first kappa shape index (κ1) is 16.0. The molecule has 1 atom stereocenters. The van der Waals surface area contributed by atoms with Crippen LogP contribution in [0.2, 0.25) is 5.02 Å². The number of nitrogens with zero attached hydrogens (tertiary/aromatic N) is 1. The molecule has 1 amide bonds. The number of nitro benzene ring substituents is 1. The molecule has 0 bridgehead atoms. The van der Waals surface area contributed by atoms with Gasteiger partial charge in [-0.05, 0) is 37.1 Å². The molecule has 0 aliphatic rings. The number of rotatable bonds is 4. The maximum Gasteiger partial charge on any atom is 0.269 e. The van der Waals surface area contributed by atoms with Crippen LogP contribution >= 0.6 is 11.6 Å². The average molecular weight is 319 g/mol. The second-order valence-corrected chi connectivity index (χ2v) is 5.46. The van der Waals surface area contributed by atoms with Gasteiger partial charge in [0, 0.05) is 22.8 Å². The third-order valence-electron chi connectivity index (χ3n) is 3.45. The molecule has 1 unspecified atom stereocenters. The number of anilines is 1. The van der Waals surface area contributed by atoms with Crippen molar-refractivity contribution in [2.75, 3.05) is 5.32 Å². The fourth-order valence-electron chi connectivity index (χ4n) is 2.01. The number of amides is 1. The molecule has 2 aromatic carbocycles. The van der Waals surface area contributed by atoms with Crippen LogP contribution in [0, 0.1) is 17.0 Å². The van der Waals surface area contributed by atoms with Gasteiger partial charge in [-0.3, -0.25) is 14.9 Å². The summed E-state index contributed by atoms with van der Waals surface area (Å²) in [4.78, 5) is 22.5. The summed E-state index contributed by atoms with van der Waals surface area (Å²) in [6.07, 6.45) is 0. The molecule has 0 aliphatic carbocycles. The van der Waals surface area contributed by atoms with Gasteiger partial charge in [0.05, 0.1) is 10.8 Å². The molecular formula is C16H15ClN2O3. The highest BCUT2D eigenvalue weighted by Crippen LogP contribution is 2.24. The first-order chi connectivity index (χ1) is 10.4. The zero-order chi connectivity index (χ0) is 16.3. The van der Waals surface area contributed by atoms with Gasteiger partial charge in [-0.25, -0.2) is 0 Å². The summed E-state index contributed by atoms with van der Waals surface area (Å²) in [5.41, 5.74) is 2.28. The molecule has 0 saturated carbocycles. The Hall–Kier alpha value is -2.40. The molecule has 2 rings (SSSR count). The summed E-state index contributed by atoms with van der Waals surface area (Å²) in [7, 11) is 0. The fourth-order valence-corrected chi connectivity index (χ4v) is 2.18. The number of carbonyl (C=O) groups is 1. The van der Waals surface area contributed by atoms with Gasteiger partial charge in [-0.15, -0.1) is 0 Å². The van der Waals surface area contributed by atoms with E-state index < -0.39 is 10.8 Å². The lowest BCUT2D eigenvalue weighted by molar-refractivity contribution is -0.384. The minimum atomic E-state index is -0.468. The molecule has 0 radical (unpaired) electrons. The van der Waals surface area contributed by atoms with Crippen LogP contribution in [0.15, 0.2) is 42.5 Å². The van der Waals surface area contributed by atoms with E-state index in [1.165, 1.54) is 12.1 Å². The number of nitrogens with one attached hydrogen (secondary N) is 1. The second kappa shape index (κ2) is 6.58. The van der Waals surface area contributed by atoms with Gasteiger partial charge in [0.1, 0.15) is 0 Å². The highest BCUT2D eigenvalue weighted by molar-refractivity contribution is 6.31. The lowest BCUT2D eigenvalue weighted by Crippen LogP contribution is -2.19. The lowest BCUT2D eigenvalue weighted by atomic mass is 10.00. The van der Waals surface area contributed by atoms with Gasteiger partial charge in [0.15, 0.2) is 0 Å². The quantitative estimate of drug-likeness (QED) is 0.674. The number of halogens is 1. The van der Waals surface area contributed by atoms with Gasteiger partial charge in [0.25, 0.3) is 5.69 Å². The lowest BCUT2D eigenvalue weighted by Gasteiger charge is -2.14. The molecule has 0 fully saturated rings. The van der Waals surface area contributed by atoms with Crippen molar-refractivity contribution in [1.29, 1.82) is 0 Å². The molecular weight excluding hydrogens is 304 g/mol. The van der Waals surface area contributed by atoms with E-state index in [0.29, 0.717) is 16.3 Å². The van der Waals surface area contributed by atoms with Crippen molar-refractivity contribution in [3.63, 3.8) is 0 Å². The summed E-state index contributed by atoms with van der Waals surface area (Å²) in [5, 5.41) is 14.0. The van der Waals surface area contributed by atoms with E-state index in [2.05, 4.69) is 5.32 Å². The van der Waals surface area contributed by atoms with E-state index in [9.17, 15) is 14.9 Å². The van der Waals surface area contributed by atoms with Gasteiger partial charge < -0.3 is 5.32 Å². The predicted octanol–water partition coefficient (Wildman–Crippen LogP) is 4.30. The fraction of sp³-hybridized carbons (Fsp3) is 0.188. The minimum Gasteiger partial charge on any atom is -0.325 e. The molecule has 6 heteroatoms. The van der Waals surface area contributed by atoms with Gasteiger partial charge in [-0.1, -0.05) is 29.8 Å². The van der Waals surface area contributed by atoms with E-state index in [1.54, 1.807) is 31.2 Å². The summed E-state index contributed by atoms with van der Waals surface area (Å²) < 4.78 is 0. The Labute approximate surface area is 133 Å². The van der Waals surface area contributed by atoms with E-state index in [-0.39, 0.29) is 11.6 Å². The third-order valence-corrected chi connectivity index (χ3v) is 3.69. The average Bonchev–Trinajstić information content (AvgIpc) is 2.50. The van der Waals surface area contributed by atoms with Crippen LogP contribution in [0.25, 0.3) is 0 Å². The number of benzene rings is 2. The summed E-state index contributed by atoms with van der Waals surface area (Å²) in [6.45, 7) is 3.62. The number of hydrogen-bond donors (Lipinski definition) is 1. The molecule has 0 aromatic heterocycles. The highest BCUT2D eigenvalue weighted by atomic mass is 35.5. The zero-order valence-electron chi connectivity index (χ0n) is 12.2. The Kier molecular flexibility index (Phi) is 4.78. The highest BCUT2D eigenvalue weighted by Gasteiger charge is 2.17. The van der Waals surface area contributed by atoms with Crippen molar-refractivity contribution in [1.82, 2.24) is 0 Å². The first-order valence-corrected chi connectivity index (χ1v) is 7.07. The Morgan fingerprint density at radius 2 is 1.86 bits per heavy atom. The van der Waals surface area contributed by atoms with E-state index in [0.717, 1.165) is 5.56 Å². The molecule has 0 heterocycles. The number of non-ortho nitro benzene ring substituents is 1. The van der Waals surface area contributed by atoms with Crippen molar-refractivity contribution < 1.29 is 9.72 Å². The zero-order valence-corrected chi connectivity index (χ0v) is 12.9. The van der Waals surface area contributed by atoms with Gasteiger partial charge >= 0.3 is 0 Å². The SMILES string of the molecule is Cc1ccc(Cl)cc1NC(=O)C(C)c1ccc([N+](=O)[O-])cc1. The van der Waals surface area contributed by atoms with E-state index in [4.69, 9.17) is 11.6 Å². The van der Waals surface area contributed by atoms with Gasteiger partial charge in [0.2, 0.25) is 5.91 Å². The molecule has 2 aromatic rings. The van der Waals surface area contributed by atoms with Crippen molar-refractivity contribution in [2.45, 2.75) is 19.8 Å². The largest absolute Gasteiger partial charge is 0.325 e. The third kappa shape index (κ3) is 3.62. The molecule has 114 valence electrons. The van der Waals surface area contributed by atoms with Crippen LogP contribution < -0.4 is 5.32 Å². The Balaban J connectivity index is 2.15. The van der Waals surface area contributed by atoms with Crippen molar-refractivity contribution in [3.8, 4) is 0 Å². The van der Waals surface area contributed by atoms with Crippen LogP contribution in [0.5, 0.6) is 0 Å². The minimum absolute atomic E-state index is 0.00189. The van der Waals surface area contributed by atoms with Crippen LogP contribution in [-0.4, -0.2) is 10.8 Å². The predicted molar refractivity (Wildman–Crippen MR) is 86.3 cm³/mol. The number of nitro groups is 1. The summed E-state index contributed by atoms with van der Waals surface area (Å²) in [6, 6.07) is 11.2. The Morgan fingerprint density at radius 1 is 1.23 bits per heavy atom. The Morgan fingerprint density at radius 3 is 2.45 bits per heavy atom. The van der Waals surface area contributed by atoms with E-state index in [1.807, 2.05) is 13.0 Å². The standard InChI is InChI=1S/C16H15ClN2O3/c1-10-3-6-13(17)9-15(10)18-16(20)11(2)12-4-7-14(8-5-12)19(21)22/h3-9,11H,1-2H3,(H,18,20). The van der Waals surface area contributed by atoms with Crippen LogP contribution in [-0.2, 0) is 4.79 Å². The number of hydrogen-bond acceptors (Lipinski definition) is 3. The van der Waals surface area contributed by atoms with Crippen molar-refractivity contribution >= 4 is 28.9 Å². The van der Waals surface area contributed by atoms with Crippen molar-refractivity contribution in [3.05, 3.63) is 68.7 Å². The molecule has 0 spiro atoms. The van der Waals surface area contributed by atoms with Crippen LogP contribution in [0.1, 0.15) is 24.0 Å². The maximum atomic E-state index is 12.3. The van der Waals surface area contributed by atoms with Gasteiger partial charge in [-0.2, -0.15) is 0 Å². The number of carbonyl (C=O) groups excluding carboxylic acids is 1. The molecule has 0 aliphatic heterocycles. The second-order valence-electron chi connectivity index (χ2n) is 5.02. The molecule has 0 saturated heterocycles.